The Bertz CT molecular complexity index is 634. The molecule has 5 nitrogen and oxygen atoms in total. The number of nitrogens with two attached hydrogens (primary N) is 1. The lowest BCUT2D eigenvalue weighted by Gasteiger charge is -2.07. The Labute approximate surface area is 113 Å². The van der Waals surface area contributed by atoms with E-state index in [1.54, 1.807) is 6.07 Å². The van der Waals surface area contributed by atoms with Gasteiger partial charge in [-0.25, -0.2) is 4.39 Å². The molecule has 0 bridgehead atoms. The van der Waals surface area contributed by atoms with Crippen molar-refractivity contribution in [2.75, 3.05) is 0 Å². The number of ether oxygens (including phenoxy) is 1. The number of hydrogen-bond acceptors (Lipinski definition) is 4. The van der Waals surface area contributed by atoms with Crippen LogP contribution in [0.4, 0.5) is 4.39 Å². The van der Waals surface area contributed by atoms with E-state index in [1.807, 2.05) is 0 Å². The van der Waals surface area contributed by atoms with Gasteiger partial charge in [-0.3, -0.25) is 4.98 Å². The van der Waals surface area contributed by atoms with E-state index in [0.717, 1.165) is 0 Å². The smallest absolute Gasteiger partial charge is 0.188 e. The molecule has 0 spiro atoms. The maximum Gasteiger partial charge on any atom is 0.188 e. The fourth-order valence-corrected chi connectivity index (χ4v) is 1.51. The highest BCUT2D eigenvalue weighted by molar-refractivity contribution is 6.30. The minimum atomic E-state index is -0.527. The Morgan fingerprint density at radius 1 is 1.32 bits per heavy atom. The third-order valence-electron chi connectivity index (χ3n) is 2.23. The van der Waals surface area contributed by atoms with Gasteiger partial charge in [0.1, 0.15) is 23.0 Å². The van der Waals surface area contributed by atoms with Gasteiger partial charge in [-0.2, -0.15) is 0 Å². The second kappa shape index (κ2) is 5.53. The van der Waals surface area contributed by atoms with Gasteiger partial charge < -0.3 is 15.7 Å². The number of benzene rings is 1. The molecule has 0 fully saturated rings. The average molecular weight is 282 g/mol. The summed E-state index contributed by atoms with van der Waals surface area (Å²) in [6, 6.07) is 7.03. The lowest BCUT2D eigenvalue weighted by atomic mass is 10.3. The monoisotopic (exact) mass is 281 g/mol. The number of halogens is 2. The Hall–Kier alpha value is -2.34. The average Bonchev–Trinajstić information content (AvgIpc) is 2.42. The standard InChI is InChI=1S/C12H9ClFN3O2/c13-9-5-7(1-2-10(9)14)19-8-3-4-16-11(6-8)12(15)17-18/h1-6,18H,(H2,15,17). The Morgan fingerprint density at radius 2 is 2.05 bits per heavy atom. The molecule has 0 aliphatic carbocycles. The highest BCUT2D eigenvalue weighted by Crippen LogP contribution is 2.26. The zero-order valence-electron chi connectivity index (χ0n) is 9.55. The summed E-state index contributed by atoms with van der Waals surface area (Å²) < 4.78 is 18.5. The van der Waals surface area contributed by atoms with Crippen molar-refractivity contribution in [3.8, 4) is 11.5 Å². The first-order valence-corrected chi connectivity index (χ1v) is 5.55. The van der Waals surface area contributed by atoms with Gasteiger partial charge in [-0.05, 0) is 18.2 Å². The molecule has 1 heterocycles. The largest absolute Gasteiger partial charge is 0.457 e. The molecule has 98 valence electrons. The van der Waals surface area contributed by atoms with Crippen molar-refractivity contribution < 1.29 is 14.3 Å². The van der Waals surface area contributed by atoms with E-state index >= 15 is 0 Å². The van der Waals surface area contributed by atoms with Crippen LogP contribution in [0.5, 0.6) is 11.5 Å². The van der Waals surface area contributed by atoms with Gasteiger partial charge in [0.05, 0.1) is 5.02 Å². The van der Waals surface area contributed by atoms with Gasteiger partial charge in [0.2, 0.25) is 0 Å². The second-order valence-electron chi connectivity index (χ2n) is 3.54. The van der Waals surface area contributed by atoms with Gasteiger partial charge in [-0.15, -0.1) is 0 Å². The van der Waals surface area contributed by atoms with E-state index in [0.29, 0.717) is 11.5 Å². The Kier molecular flexibility index (Phi) is 3.82. The molecule has 19 heavy (non-hydrogen) atoms. The molecule has 0 saturated heterocycles. The minimum Gasteiger partial charge on any atom is -0.457 e. The van der Waals surface area contributed by atoms with Crippen molar-refractivity contribution in [1.82, 2.24) is 4.98 Å². The Morgan fingerprint density at radius 3 is 2.74 bits per heavy atom. The molecule has 2 aromatic rings. The van der Waals surface area contributed by atoms with Crippen LogP contribution in [0.2, 0.25) is 5.02 Å². The molecule has 0 atom stereocenters. The maximum absolute atomic E-state index is 13.0. The summed E-state index contributed by atoms with van der Waals surface area (Å²) in [6.07, 6.45) is 1.44. The number of amidine groups is 1. The van der Waals surface area contributed by atoms with Gasteiger partial charge in [0.25, 0.3) is 0 Å². The van der Waals surface area contributed by atoms with E-state index in [1.165, 1.54) is 30.5 Å². The third kappa shape index (κ3) is 3.11. The number of aromatic nitrogens is 1. The fraction of sp³-hybridized carbons (Fsp3) is 0. The number of nitrogens with zero attached hydrogens (tertiary/aromatic N) is 2. The first-order valence-electron chi connectivity index (χ1n) is 5.17. The first-order chi connectivity index (χ1) is 9.10. The lowest BCUT2D eigenvalue weighted by Crippen LogP contribution is -2.14. The van der Waals surface area contributed by atoms with Crippen LogP contribution in [0, 0.1) is 5.82 Å². The lowest BCUT2D eigenvalue weighted by molar-refractivity contribution is 0.318. The van der Waals surface area contributed by atoms with Crippen LogP contribution in [-0.2, 0) is 0 Å². The first kappa shape index (κ1) is 13.1. The third-order valence-corrected chi connectivity index (χ3v) is 2.52. The van der Waals surface area contributed by atoms with E-state index < -0.39 is 5.82 Å². The van der Waals surface area contributed by atoms with Crippen LogP contribution in [0.25, 0.3) is 0 Å². The summed E-state index contributed by atoms with van der Waals surface area (Å²) in [7, 11) is 0. The molecule has 1 aromatic heterocycles. The summed E-state index contributed by atoms with van der Waals surface area (Å²) in [6.45, 7) is 0. The summed E-state index contributed by atoms with van der Waals surface area (Å²) in [4.78, 5) is 3.90. The molecule has 7 heteroatoms. The molecule has 0 amide bonds. The van der Waals surface area contributed by atoms with Gasteiger partial charge in [-0.1, -0.05) is 16.8 Å². The van der Waals surface area contributed by atoms with Crippen molar-refractivity contribution in [2.24, 2.45) is 10.9 Å². The zero-order chi connectivity index (χ0) is 13.8. The minimum absolute atomic E-state index is 0.0387. The van der Waals surface area contributed by atoms with Gasteiger partial charge in [0, 0.05) is 18.3 Å². The van der Waals surface area contributed by atoms with Gasteiger partial charge >= 0.3 is 0 Å². The summed E-state index contributed by atoms with van der Waals surface area (Å²) in [5, 5.41) is 11.4. The zero-order valence-corrected chi connectivity index (χ0v) is 10.3. The molecule has 0 unspecified atom stereocenters. The predicted molar refractivity (Wildman–Crippen MR) is 68.2 cm³/mol. The van der Waals surface area contributed by atoms with Crippen LogP contribution in [0.15, 0.2) is 41.7 Å². The van der Waals surface area contributed by atoms with Crippen LogP contribution in [0.3, 0.4) is 0 Å². The van der Waals surface area contributed by atoms with Crippen LogP contribution >= 0.6 is 11.6 Å². The van der Waals surface area contributed by atoms with Crippen LogP contribution < -0.4 is 10.5 Å². The molecule has 0 aliphatic heterocycles. The van der Waals surface area contributed by atoms with E-state index in [2.05, 4.69) is 10.1 Å². The molecular formula is C12H9ClFN3O2. The molecule has 3 N–H and O–H groups in total. The number of rotatable bonds is 3. The number of pyridine rings is 1. The molecule has 0 radical (unpaired) electrons. The summed E-state index contributed by atoms with van der Waals surface area (Å²) in [5.41, 5.74) is 5.67. The fourth-order valence-electron chi connectivity index (χ4n) is 1.34. The quantitative estimate of drug-likeness (QED) is 0.392. The highest BCUT2D eigenvalue weighted by Gasteiger charge is 2.06. The Balaban J connectivity index is 2.26. The van der Waals surface area contributed by atoms with Gasteiger partial charge in [0.15, 0.2) is 5.84 Å². The molecule has 1 aromatic carbocycles. The maximum atomic E-state index is 13.0. The van der Waals surface area contributed by atoms with Crippen molar-refractivity contribution in [3.63, 3.8) is 0 Å². The number of hydrogen-bond donors (Lipinski definition) is 2. The topological polar surface area (TPSA) is 80.7 Å². The molecular weight excluding hydrogens is 273 g/mol. The van der Waals surface area contributed by atoms with E-state index in [9.17, 15) is 4.39 Å². The van der Waals surface area contributed by atoms with Crippen molar-refractivity contribution in [2.45, 2.75) is 0 Å². The van der Waals surface area contributed by atoms with Crippen LogP contribution in [0.1, 0.15) is 5.69 Å². The van der Waals surface area contributed by atoms with Crippen molar-refractivity contribution >= 4 is 17.4 Å². The molecule has 0 saturated carbocycles. The normalized spacial score (nSPS) is 11.4. The van der Waals surface area contributed by atoms with E-state index in [4.69, 9.17) is 27.3 Å². The molecule has 0 aliphatic rings. The van der Waals surface area contributed by atoms with Crippen LogP contribution in [-0.4, -0.2) is 16.0 Å². The summed E-state index contributed by atoms with van der Waals surface area (Å²) >= 11 is 5.64. The summed E-state index contributed by atoms with van der Waals surface area (Å²) in [5.74, 6) is 0.103. The number of oxime groups is 1. The highest BCUT2D eigenvalue weighted by atomic mass is 35.5. The molecule has 2 rings (SSSR count). The second-order valence-corrected chi connectivity index (χ2v) is 3.95. The SMILES string of the molecule is NC(=NO)c1cc(Oc2ccc(F)c(Cl)c2)ccn1. The van der Waals surface area contributed by atoms with E-state index in [-0.39, 0.29) is 16.6 Å². The predicted octanol–water partition coefficient (Wildman–Crippen LogP) is 2.76. The van der Waals surface area contributed by atoms with Crippen molar-refractivity contribution in [1.29, 1.82) is 0 Å². The van der Waals surface area contributed by atoms with Crippen molar-refractivity contribution in [3.05, 3.63) is 53.1 Å².